The number of phosphoric acid groups is 1. The molecule has 9 nitrogen and oxygen atoms in total. The predicted molar refractivity (Wildman–Crippen MR) is 243 cm³/mol. The molecule has 0 fully saturated rings. The van der Waals surface area contributed by atoms with Gasteiger partial charge in [0.25, 0.3) is 0 Å². The summed E-state index contributed by atoms with van der Waals surface area (Å²) in [7, 11) is -4.43. The lowest BCUT2D eigenvalue weighted by Gasteiger charge is -2.15. The maximum Gasteiger partial charge on any atom is 0.472 e. The quantitative estimate of drug-likeness (QED) is 0.0239. The molecule has 0 radical (unpaired) electrons. The molecule has 3 N–H and O–H groups in total. The third-order valence-corrected chi connectivity index (χ3v) is 10.7. The largest absolute Gasteiger partial charge is 0.472 e. The van der Waals surface area contributed by atoms with Crippen LogP contribution in [0.25, 0.3) is 0 Å². The maximum atomic E-state index is 12.1. The zero-order chi connectivity index (χ0) is 42.5. The van der Waals surface area contributed by atoms with Gasteiger partial charge in [0, 0.05) is 19.4 Å². The lowest BCUT2D eigenvalue weighted by atomic mass is 10.0. The van der Waals surface area contributed by atoms with Crippen molar-refractivity contribution in [3.05, 3.63) is 60.8 Å². The molecule has 0 saturated heterocycles. The lowest BCUT2D eigenvalue weighted by molar-refractivity contribution is -0.147. The second-order valence-electron chi connectivity index (χ2n) is 15.4. The fraction of sp³-hybridized carbons (Fsp3) is 0.750. The van der Waals surface area contributed by atoms with Gasteiger partial charge in [-0.2, -0.15) is 0 Å². The second kappa shape index (κ2) is 44.3. The second-order valence-corrected chi connectivity index (χ2v) is 16.8. The van der Waals surface area contributed by atoms with E-state index < -0.39 is 26.5 Å². The van der Waals surface area contributed by atoms with E-state index in [1.165, 1.54) is 96.3 Å². The molecule has 0 aromatic heterocycles. The van der Waals surface area contributed by atoms with Crippen LogP contribution >= 0.6 is 7.82 Å². The number of amides is 1. The molecule has 0 bridgehead atoms. The summed E-state index contributed by atoms with van der Waals surface area (Å²) in [6, 6.07) is 0. The van der Waals surface area contributed by atoms with Crippen LogP contribution in [-0.4, -0.2) is 54.3 Å². The Hall–Kier alpha value is -2.29. The van der Waals surface area contributed by atoms with Crippen molar-refractivity contribution in [3.8, 4) is 0 Å². The number of phosphoric ester groups is 1. The number of hydrogen-bond acceptors (Lipinski definition) is 7. The zero-order valence-corrected chi connectivity index (χ0v) is 37.9. The van der Waals surface area contributed by atoms with Gasteiger partial charge in [-0.25, -0.2) is 4.57 Å². The van der Waals surface area contributed by atoms with E-state index in [0.29, 0.717) is 6.42 Å². The van der Waals surface area contributed by atoms with Gasteiger partial charge >= 0.3 is 13.8 Å². The first-order valence-electron chi connectivity index (χ1n) is 23.3. The zero-order valence-electron chi connectivity index (χ0n) is 37.0. The van der Waals surface area contributed by atoms with Crippen LogP contribution in [-0.2, 0) is 27.9 Å². The van der Waals surface area contributed by atoms with Crippen molar-refractivity contribution in [1.29, 1.82) is 0 Å². The molecule has 0 aliphatic heterocycles. The van der Waals surface area contributed by atoms with Crippen LogP contribution < -0.4 is 5.32 Å². The summed E-state index contributed by atoms with van der Waals surface area (Å²) in [5, 5.41) is 12.7. The predicted octanol–water partition coefficient (Wildman–Crippen LogP) is 13.3. The van der Waals surface area contributed by atoms with Crippen molar-refractivity contribution in [2.24, 2.45) is 0 Å². The molecule has 336 valence electrons. The van der Waals surface area contributed by atoms with Gasteiger partial charge in [-0.05, 0) is 57.8 Å². The van der Waals surface area contributed by atoms with Gasteiger partial charge in [0.1, 0.15) is 12.7 Å². The average molecular weight is 836 g/mol. The van der Waals surface area contributed by atoms with Crippen LogP contribution in [0.4, 0.5) is 0 Å². The molecule has 58 heavy (non-hydrogen) atoms. The third-order valence-electron chi connectivity index (χ3n) is 9.71. The van der Waals surface area contributed by atoms with Crippen LogP contribution in [0.15, 0.2) is 60.8 Å². The number of allylic oxidation sites excluding steroid dienone is 10. The molecule has 0 aromatic rings. The number of ether oxygens (including phenoxy) is 1. The van der Waals surface area contributed by atoms with Gasteiger partial charge in [-0.3, -0.25) is 18.6 Å². The Morgan fingerprint density at radius 3 is 1.48 bits per heavy atom. The van der Waals surface area contributed by atoms with Crippen LogP contribution in [0.2, 0.25) is 0 Å². The number of hydrogen-bond donors (Lipinski definition) is 3. The van der Waals surface area contributed by atoms with Crippen molar-refractivity contribution < 1.29 is 37.9 Å². The van der Waals surface area contributed by atoms with E-state index in [4.69, 9.17) is 13.8 Å². The van der Waals surface area contributed by atoms with E-state index in [9.17, 15) is 24.2 Å². The monoisotopic (exact) mass is 836 g/mol. The molecule has 0 aromatic carbocycles. The van der Waals surface area contributed by atoms with Gasteiger partial charge in [0.2, 0.25) is 5.91 Å². The molecular weight excluding hydrogens is 750 g/mol. The Labute approximate surface area is 355 Å². The highest BCUT2D eigenvalue weighted by molar-refractivity contribution is 7.47. The number of aliphatic hydroxyl groups excluding tert-OH is 1. The number of carbonyl (C=O) groups excluding carboxylic acids is 2. The Balaban J connectivity index is 3.63. The number of esters is 1. The molecule has 0 aliphatic carbocycles. The number of carbonyl (C=O) groups is 2. The first-order chi connectivity index (χ1) is 28.3. The lowest BCUT2D eigenvalue weighted by Crippen LogP contribution is -2.27. The summed E-state index contributed by atoms with van der Waals surface area (Å²) >= 11 is 0. The summed E-state index contributed by atoms with van der Waals surface area (Å²) in [4.78, 5) is 34.0. The minimum Gasteiger partial charge on any atom is -0.463 e. The Kier molecular flexibility index (Phi) is 42.5. The van der Waals surface area contributed by atoms with E-state index >= 15 is 0 Å². The average Bonchev–Trinajstić information content (AvgIpc) is 3.21. The Morgan fingerprint density at radius 1 is 0.552 bits per heavy atom. The topological polar surface area (TPSA) is 131 Å². The van der Waals surface area contributed by atoms with Crippen LogP contribution in [0, 0.1) is 0 Å². The molecule has 2 atom stereocenters. The smallest absolute Gasteiger partial charge is 0.463 e. The third kappa shape index (κ3) is 44.8. The highest BCUT2D eigenvalue weighted by atomic mass is 31.2. The highest BCUT2D eigenvalue weighted by Gasteiger charge is 2.23. The first kappa shape index (κ1) is 55.7. The van der Waals surface area contributed by atoms with Gasteiger partial charge in [-0.15, -0.1) is 0 Å². The molecule has 0 heterocycles. The molecular formula is C48H86NO8P. The molecule has 0 rings (SSSR count). The number of nitrogens with one attached hydrogen (secondary N) is 1. The van der Waals surface area contributed by atoms with Gasteiger partial charge in [0.15, 0.2) is 0 Å². The molecule has 0 aliphatic rings. The SMILES string of the molecule is CC/C=C\C/C=C\C/C=C\C/C=C\C/C=C\CCCCCC(=O)NCCOP(=O)(O)OCC(O)COC(=O)CCCCCCCCCCCCCCCCCCCC. The number of unbranched alkanes of at least 4 members (excludes halogenated alkanes) is 20. The maximum absolute atomic E-state index is 12.1. The van der Waals surface area contributed by atoms with Gasteiger partial charge in [0.05, 0.1) is 13.2 Å². The first-order valence-corrected chi connectivity index (χ1v) is 24.8. The summed E-state index contributed by atoms with van der Waals surface area (Å²) in [6.45, 7) is 3.41. The molecule has 2 unspecified atom stereocenters. The van der Waals surface area contributed by atoms with E-state index in [2.05, 4.69) is 79.9 Å². The van der Waals surface area contributed by atoms with E-state index in [1.807, 2.05) is 0 Å². The van der Waals surface area contributed by atoms with Gasteiger partial charge in [-0.1, -0.05) is 190 Å². The van der Waals surface area contributed by atoms with Gasteiger partial charge < -0.3 is 20.1 Å². The Morgan fingerprint density at radius 2 is 0.983 bits per heavy atom. The summed E-state index contributed by atoms with van der Waals surface area (Å²) in [5.41, 5.74) is 0. The van der Waals surface area contributed by atoms with E-state index in [1.54, 1.807) is 0 Å². The summed E-state index contributed by atoms with van der Waals surface area (Å²) < 4.78 is 26.9. The summed E-state index contributed by atoms with van der Waals surface area (Å²) in [5.74, 6) is -0.547. The normalized spacial score (nSPS) is 13.8. The fourth-order valence-electron chi connectivity index (χ4n) is 6.23. The van der Waals surface area contributed by atoms with Crippen LogP contribution in [0.3, 0.4) is 0 Å². The van der Waals surface area contributed by atoms with Crippen molar-refractivity contribution in [2.45, 2.75) is 206 Å². The number of aliphatic hydroxyl groups is 1. The van der Waals surface area contributed by atoms with Crippen LogP contribution in [0.1, 0.15) is 200 Å². The van der Waals surface area contributed by atoms with Crippen molar-refractivity contribution in [2.75, 3.05) is 26.4 Å². The minimum absolute atomic E-state index is 0.0619. The molecule has 1 amide bonds. The standard InChI is InChI=1S/C48H86NO8P/c1-3-5-7-9-11-13-15-17-19-21-23-24-26-28-30-32-34-36-38-40-47(51)49-42-43-56-58(53,54)57-45-46(50)44-55-48(52)41-39-37-35-33-31-29-27-25-22-20-18-16-14-12-10-8-6-4-2/h5,7,11,13,17,19,23-24,28,30,46,50H,3-4,6,8-10,12,14-16,18,20-22,25-27,29,31-45H2,1-2H3,(H,49,51)(H,53,54)/b7-5-,13-11-,19-17-,24-23-,30-28-. The van der Waals surface area contributed by atoms with Crippen LogP contribution in [0.5, 0.6) is 0 Å². The minimum atomic E-state index is -4.43. The van der Waals surface area contributed by atoms with Crippen molar-refractivity contribution in [1.82, 2.24) is 5.32 Å². The Bertz CT molecular complexity index is 1130. The van der Waals surface area contributed by atoms with E-state index in [0.717, 1.165) is 77.0 Å². The fourth-order valence-corrected chi connectivity index (χ4v) is 6.99. The van der Waals surface area contributed by atoms with Crippen molar-refractivity contribution >= 4 is 19.7 Å². The van der Waals surface area contributed by atoms with Crippen molar-refractivity contribution in [3.63, 3.8) is 0 Å². The molecule has 0 spiro atoms. The summed E-state index contributed by atoms with van der Waals surface area (Å²) in [6.07, 6.45) is 53.0. The van der Waals surface area contributed by atoms with E-state index in [-0.39, 0.29) is 32.1 Å². The molecule has 0 saturated carbocycles. The highest BCUT2D eigenvalue weighted by Crippen LogP contribution is 2.42. The molecule has 10 heteroatoms. The number of rotatable bonds is 43.